The Hall–Kier alpha value is -3.31. The maximum atomic E-state index is 12.2. The Morgan fingerprint density at radius 3 is 2.39 bits per heavy atom. The Morgan fingerprint density at radius 2 is 1.77 bits per heavy atom. The molecule has 0 aliphatic rings. The minimum Gasteiger partial charge on any atom is -0.481 e. The highest BCUT2D eigenvalue weighted by Crippen LogP contribution is 2.19. The second-order valence-corrected chi connectivity index (χ2v) is 6.50. The van der Waals surface area contributed by atoms with Crippen LogP contribution in [-0.2, 0) is 6.42 Å². The maximum absolute atomic E-state index is 12.2. The zero-order chi connectivity index (χ0) is 22.5. The predicted octanol–water partition coefficient (Wildman–Crippen LogP) is 3.13. The van der Waals surface area contributed by atoms with Crippen molar-refractivity contribution in [1.82, 2.24) is 10.6 Å². The second-order valence-electron chi connectivity index (χ2n) is 6.50. The number of terminal acetylenes is 1. The van der Waals surface area contributed by atoms with Gasteiger partial charge in [-0.15, -0.1) is 6.42 Å². The molecule has 8 heteroatoms. The van der Waals surface area contributed by atoms with Crippen molar-refractivity contribution in [2.24, 2.45) is 4.99 Å². The molecule has 0 saturated carbocycles. The average Bonchev–Trinajstić information content (AvgIpc) is 2.76. The van der Waals surface area contributed by atoms with Gasteiger partial charge in [-0.2, -0.15) is 8.78 Å². The fourth-order valence-corrected chi connectivity index (χ4v) is 2.70. The van der Waals surface area contributed by atoms with Gasteiger partial charge in [-0.1, -0.05) is 30.2 Å². The van der Waals surface area contributed by atoms with Crippen molar-refractivity contribution in [3.8, 4) is 23.8 Å². The quantitative estimate of drug-likeness (QED) is 0.290. The lowest BCUT2D eigenvalue weighted by Crippen LogP contribution is -2.38. The number of guanidine groups is 1. The average molecular weight is 431 g/mol. The fourth-order valence-electron chi connectivity index (χ4n) is 2.70. The topological polar surface area (TPSA) is 75.1 Å². The third kappa shape index (κ3) is 8.93. The summed E-state index contributed by atoms with van der Waals surface area (Å²) in [7, 11) is 0. The summed E-state index contributed by atoms with van der Waals surface area (Å²) in [5, 5.41) is 16.7. The van der Waals surface area contributed by atoms with Crippen LogP contribution in [0, 0.1) is 12.3 Å². The number of halogens is 2. The van der Waals surface area contributed by atoms with Crippen molar-refractivity contribution < 1.29 is 23.4 Å². The van der Waals surface area contributed by atoms with E-state index in [9.17, 15) is 13.9 Å². The molecule has 1 atom stereocenters. The first-order valence-electron chi connectivity index (χ1n) is 9.92. The van der Waals surface area contributed by atoms with E-state index in [0.717, 1.165) is 17.7 Å². The van der Waals surface area contributed by atoms with E-state index in [1.54, 1.807) is 0 Å². The van der Waals surface area contributed by atoms with Crippen LogP contribution in [0.4, 0.5) is 8.78 Å². The van der Waals surface area contributed by atoms with Gasteiger partial charge in [0.05, 0.1) is 12.6 Å². The molecule has 6 nitrogen and oxygen atoms in total. The van der Waals surface area contributed by atoms with Crippen molar-refractivity contribution in [2.45, 2.75) is 26.1 Å². The second kappa shape index (κ2) is 13.1. The maximum Gasteiger partial charge on any atom is 0.387 e. The molecule has 0 aliphatic heterocycles. The normalized spacial score (nSPS) is 12.2. The van der Waals surface area contributed by atoms with Crippen molar-refractivity contribution in [3.05, 3.63) is 59.7 Å². The number of aliphatic imine (C=N–C) groups is 1. The van der Waals surface area contributed by atoms with Crippen LogP contribution in [0.15, 0.2) is 53.5 Å². The lowest BCUT2D eigenvalue weighted by molar-refractivity contribution is -0.0498. The van der Waals surface area contributed by atoms with Crippen LogP contribution in [0.1, 0.15) is 24.2 Å². The molecule has 1 unspecified atom stereocenters. The first-order chi connectivity index (χ1) is 15.0. The monoisotopic (exact) mass is 431 g/mol. The van der Waals surface area contributed by atoms with E-state index in [0.29, 0.717) is 24.6 Å². The molecule has 0 fully saturated rings. The van der Waals surface area contributed by atoms with Gasteiger partial charge >= 0.3 is 6.61 Å². The molecular formula is C23H27F2N3O3. The standard InChI is InChI=1S/C23H27F2N3O3/c1-3-15-30-19-9-5-17(6-10-19)13-14-27-23(26-4-2)28-16-21(29)18-7-11-20(12-8-18)31-22(24)25/h1,5-12,21-22,29H,4,13-16H2,2H3,(H2,26,27,28). The van der Waals surface area contributed by atoms with Gasteiger partial charge in [-0.05, 0) is 48.7 Å². The highest BCUT2D eigenvalue weighted by Gasteiger charge is 2.09. The molecular weight excluding hydrogens is 404 g/mol. The van der Waals surface area contributed by atoms with Gasteiger partial charge in [-0.3, -0.25) is 4.99 Å². The van der Waals surface area contributed by atoms with Gasteiger partial charge in [0.25, 0.3) is 0 Å². The fraction of sp³-hybridized carbons (Fsp3) is 0.348. The number of nitrogens with one attached hydrogen (secondary N) is 2. The molecule has 2 aromatic rings. The predicted molar refractivity (Wildman–Crippen MR) is 116 cm³/mol. The van der Waals surface area contributed by atoms with Crippen LogP contribution >= 0.6 is 0 Å². The van der Waals surface area contributed by atoms with Crippen LogP contribution in [0.2, 0.25) is 0 Å². The first-order valence-corrected chi connectivity index (χ1v) is 9.92. The van der Waals surface area contributed by atoms with Crippen LogP contribution in [0.5, 0.6) is 11.5 Å². The minimum atomic E-state index is -2.88. The van der Waals surface area contributed by atoms with Crippen LogP contribution in [0.3, 0.4) is 0 Å². The molecule has 3 N–H and O–H groups in total. The van der Waals surface area contributed by atoms with Gasteiger partial charge in [0.2, 0.25) is 0 Å². The summed E-state index contributed by atoms with van der Waals surface area (Å²) in [5.74, 6) is 3.77. The number of aliphatic hydroxyl groups is 1. The Kier molecular flexibility index (Phi) is 10.1. The number of ether oxygens (including phenoxy) is 2. The van der Waals surface area contributed by atoms with Crippen molar-refractivity contribution >= 4 is 5.96 Å². The summed E-state index contributed by atoms with van der Waals surface area (Å²) in [6.07, 6.45) is 5.08. The van der Waals surface area contributed by atoms with Gasteiger partial charge in [-0.25, -0.2) is 0 Å². The summed E-state index contributed by atoms with van der Waals surface area (Å²) in [6, 6.07) is 13.6. The molecule has 166 valence electrons. The molecule has 0 bridgehead atoms. The summed E-state index contributed by atoms with van der Waals surface area (Å²) < 4.78 is 34.1. The van der Waals surface area contributed by atoms with E-state index in [2.05, 4.69) is 26.3 Å². The highest BCUT2D eigenvalue weighted by molar-refractivity contribution is 5.79. The largest absolute Gasteiger partial charge is 0.481 e. The van der Waals surface area contributed by atoms with Crippen LogP contribution < -0.4 is 20.1 Å². The van der Waals surface area contributed by atoms with E-state index < -0.39 is 12.7 Å². The van der Waals surface area contributed by atoms with E-state index in [-0.39, 0.29) is 18.9 Å². The number of hydrogen-bond acceptors (Lipinski definition) is 4. The molecule has 0 saturated heterocycles. The number of hydrogen-bond donors (Lipinski definition) is 3. The third-order valence-electron chi connectivity index (χ3n) is 4.21. The van der Waals surface area contributed by atoms with Gasteiger partial charge in [0.15, 0.2) is 5.96 Å². The van der Waals surface area contributed by atoms with E-state index in [4.69, 9.17) is 11.2 Å². The Morgan fingerprint density at radius 1 is 1.10 bits per heavy atom. The van der Waals surface area contributed by atoms with Crippen molar-refractivity contribution in [1.29, 1.82) is 0 Å². The van der Waals surface area contributed by atoms with Crippen molar-refractivity contribution in [3.63, 3.8) is 0 Å². The number of alkyl halides is 2. The minimum absolute atomic E-state index is 0.0418. The van der Waals surface area contributed by atoms with Crippen LogP contribution in [0.25, 0.3) is 0 Å². The number of benzene rings is 2. The number of rotatable bonds is 11. The Balaban J connectivity index is 1.84. The lowest BCUT2D eigenvalue weighted by Gasteiger charge is -2.14. The molecule has 2 rings (SSSR count). The summed E-state index contributed by atoms with van der Waals surface area (Å²) in [5.41, 5.74) is 1.69. The van der Waals surface area contributed by atoms with Gasteiger partial charge < -0.3 is 25.2 Å². The van der Waals surface area contributed by atoms with E-state index in [1.807, 2.05) is 31.2 Å². The van der Waals surface area contributed by atoms with E-state index in [1.165, 1.54) is 24.3 Å². The molecule has 31 heavy (non-hydrogen) atoms. The highest BCUT2D eigenvalue weighted by atomic mass is 19.3. The molecule has 0 amide bonds. The summed E-state index contributed by atoms with van der Waals surface area (Å²) in [4.78, 5) is 4.39. The third-order valence-corrected chi connectivity index (χ3v) is 4.21. The van der Waals surface area contributed by atoms with Gasteiger partial charge in [0, 0.05) is 13.1 Å². The molecule has 0 spiro atoms. The van der Waals surface area contributed by atoms with Gasteiger partial charge in [0.1, 0.15) is 18.1 Å². The SMILES string of the molecule is C#CCOc1ccc(CCNC(=NCC(O)c2ccc(OC(F)F)cc2)NCC)cc1. The van der Waals surface area contributed by atoms with E-state index >= 15 is 0 Å². The molecule has 0 aromatic heterocycles. The molecule has 2 aromatic carbocycles. The molecule has 0 radical (unpaired) electrons. The first kappa shape index (κ1) is 24.0. The zero-order valence-corrected chi connectivity index (χ0v) is 17.4. The Labute approximate surface area is 181 Å². The molecule has 0 aliphatic carbocycles. The smallest absolute Gasteiger partial charge is 0.387 e. The van der Waals surface area contributed by atoms with Crippen molar-refractivity contribution in [2.75, 3.05) is 26.2 Å². The lowest BCUT2D eigenvalue weighted by atomic mass is 10.1. The summed E-state index contributed by atoms with van der Waals surface area (Å²) >= 11 is 0. The number of nitrogens with zero attached hydrogens (tertiary/aromatic N) is 1. The molecule has 0 heterocycles. The number of aliphatic hydroxyl groups excluding tert-OH is 1. The van der Waals surface area contributed by atoms with Crippen LogP contribution in [-0.4, -0.2) is 43.9 Å². The zero-order valence-electron chi connectivity index (χ0n) is 17.4. The Bertz CT molecular complexity index is 850. The summed E-state index contributed by atoms with van der Waals surface area (Å²) in [6.45, 7) is 0.738.